The molecule has 2 amide bonds. The highest BCUT2D eigenvalue weighted by atomic mass is 16.5. The predicted octanol–water partition coefficient (Wildman–Crippen LogP) is 2.07. The highest BCUT2D eigenvalue weighted by Crippen LogP contribution is 2.25. The molecule has 1 aromatic carbocycles. The summed E-state index contributed by atoms with van der Waals surface area (Å²) in [5, 5.41) is 14.8. The van der Waals surface area contributed by atoms with Gasteiger partial charge in [-0.15, -0.1) is 5.10 Å². The largest absolute Gasteiger partial charge is 0.338 e. The average molecular weight is 395 g/mol. The van der Waals surface area contributed by atoms with Gasteiger partial charge in [-0.25, -0.2) is 4.68 Å². The average Bonchev–Trinajstić information content (AvgIpc) is 3.36. The SMILES string of the molecule is CC(=O)Nc1cccc(C(=O)N2CCC(n3cc(-c4nc(C)no4)nn3)CC2)c1. The molecular weight excluding hydrogens is 374 g/mol. The lowest BCUT2D eigenvalue weighted by molar-refractivity contribution is -0.114. The van der Waals surface area contributed by atoms with Crippen molar-refractivity contribution in [2.24, 2.45) is 0 Å². The van der Waals surface area contributed by atoms with E-state index in [0.717, 1.165) is 12.8 Å². The number of amides is 2. The van der Waals surface area contributed by atoms with Crippen molar-refractivity contribution in [3.8, 4) is 11.6 Å². The number of nitrogens with zero attached hydrogens (tertiary/aromatic N) is 6. The van der Waals surface area contributed by atoms with Gasteiger partial charge >= 0.3 is 0 Å². The lowest BCUT2D eigenvalue weighted by Crippen LogP contribution is -2.39. The number of carbonyl (C=O) groups excluding carboxylic acids is 2. The zero-order chi connectivity index (χ0) is 20.4. The first kappa shape index (κ1) is 18.8. The number of nitrogens with one attached hydrogen (secondary N) is 1. The van der Waals surface area contributed by atoms with Gasteiger partial charge in [-0.2, -0.15) is 4.98 Å². The van der Waals surface area contributed by atoms with E-state index >= 15 is 0 Å². The Hall–Kier alpha value is -3.56. The summed E-state index contributed by atoms with van der Waals surface area (Å²) in [5.41, 5.74) is 1.72. The van der Waals surface area contributed by atoms with Gasteiger partial charge in [0.15, 0.2) is 11.5 Å². The normalized spacial score (nSPS) is 14.8. The third-order valence-electron chi connectivity index (χ3n) is 4.81. The first-order valence-electron chi connectivity index (χ1n) is 9.39. The van der Waals surface area contributed by atoms with Gasteiger partial charge in [-0.1, -0.05) is 16.4 Å². The molecule has 0 aliphatic carbocycles. The summed E-state index contributed by atoms with van der Waals surface area (Å²) in [4.78, 5) is 30.0. The fraction of sp³-hybridized carbons (Fsp3) is 0.368. The van der Waals surface area contributed by atoms with Crippen molar-refractivity contribution in [1.82, 2.24) is 30.0 Å². The zero-order valence-corrected chi connectivity index (χ0v) is 16.2. The molecular formula is C19H21N7O3. The van der Waals surface area contributed by atoms with Crippen molar-refractivity contribution in [3.05, 3.63) is 41.9 Å². The number of carbonyl (C=O) groups is 2. The van der Waals surface area contributed by atoms with Crippen molar-refractivity contribution < 1.29 is 14.1 Å². The fourth-order valence-corrected chi connectivity index (χ4v) is 3.40. The van der Waals surface area contributed by atoms with Crippen LogP contribution in [0.25, 0.3) is 11.6 Å². The minimum atomic E-state index is -0.168. The Bertz CT molecular complexity index is 1030. The maximum absolute atomic E-state index is 12.8. The van der Waals surface area contributed by atoms with Crippen molar-refractivity contribution in [2.45, 2.75) is 32.7 Å². The molecule has 3 heterocycles. The van der Waals surface area contributed by atoms with E-state index in [1.807, 2.05) is 4.90 Å². The van der Waals surface area contributed by atoms with Gasteiger partial charge in [0.2, 0.25) is 5.91 Å². The molecule has 0 unspecified atom stereocenters. The summed E-state index contributed by atoms with van der Waals surface area (Å²) in [6.45, 7) is 4.41. The smallest absolute Gasteiger partial charge is 0.280 e. The number of aromatic nitrogens is 5. The van der Waals surface area contributed by atoms with E-state index < -0.39 is 0 Å². The van der Waals surface area contributed by atoms with E-state index in [-0.39, 0.29) is 17.9 Å². The van der Waals surface area contributed by atoms with Crippen LogP contribution in [0.5, 0.6) is 0 Å². The molecule has 0 bridgehead atoms. The van der Waals surface area contributed by atoms with Crippen molar-refractivity contribution in [3.63, 3.8) is 0 Å². The van der Waals surface area contributed by atoms with Crippen molar-refractivity contribution in [1.29, 1.82) is 0 Å². The summed E-state index contributed by atoms with van der Waals surface area (Å²) >= 11 is 0. The van der Waals surface area contributed by atoms with E-state index in [1.54, 1.807) is 42.1 Å². The topological polar surface area (TPSA) is 119 Å². The molecule has 0 atom stereocenters. The summed E-state index contributed by atoms with van der Waals surface area (Å²) in [6, 6.07) is 7.14. The number of likely N-dealkylation sites (tertiary alicyclic amines) is 1. The van der Waals surface area contributed by atoms with Crippen LogP contribution in [-0.2, 0) is 4.79 Å². The molecule has 1 N–H and O–H groups in total. The van der Waals surface area contributed by atoms with Crippen molar-refractivity contribution in [2.75, 3.05) is 18.4 Å². The molecule has 1 aliphatic rings. The lowest BCUT2D eigenvalue weighted by Gasteiger charge is -2.32. The van der Waals surface area contributed by atoms with Crippen LogP contribution in [0.3, 0.4) is 0 Å². The summed E-state index contributed by atoms with van der Waals surface area (Å²) in [5.74, 6) is 0.680. The number of hydrogen-bond donors (Lipinski definition) is 1. The minimum Gasteiger partial charge on any atom is -0.338 e. The summed E-state index contributed by atoms with van der Waals surface area (Å²) in [6.07, 6.45) is 3.33. The second-order valence-corrected chi connectivity index (χ2v) is 7.02. The third kappa shape index (κ3) is 4.15. The summed E-state index contributed by atoms with van der Waals surface area (Å²) in [7, 11) is 0. The molecule has 150 valence electrons. The van der Waals surface area contributed by atoms with E-state index in [4.69, 9.17) is 4.52 Å². The minimum absolute atomic E-state index is 0.0451. The quantitative estimate of drug-likeness (QED) is 0.718. The molecule has 2 aromatic heterocycles. The van der Waals surface area contributed by atoms with Crippen LogP contribution >= 0.6 is 0 Å². The highest BCUT2D eigenvalue weighted by molar-refractivity contribution is 5.96. The van der Waals surface area contributed by atoms with Gasteiger partial charge in [0, 0.05) is 31.3 Å². The van der Waals surface area contributed by atoms with Gasteiger partial charge < -0.3 is 14.7 Å². The van der Waals surface area contributed by atoms with Crippen LogP contribution in [0.2, 0.25) is 0 Å². The van der Waals surface area contributed by atoms with Crippen LogP contribution in [0.4, 0.5) is 5.69 Å². The molecule has 4 rings (SSSR count). The van der Waals surface area contributed by atoms with Crippen LogP contribution in [-0.4, -0.2) is 54.9 Å². The van der Waals surface area contributed by atoms with E-state index in [2.05, 4.69) is 25.8 Å². The zero-order valence-electron chi connectivity index (χ0n) is 16.2. The standard InChI is InChI=1S/C19H21N7O3/c1-12-20-18(29-23-12)17-11-26(24-22-17)16-6-8-25(9-7-16)19(28)14-4-3-5-15(10-14)21-13(2)27/h3-5,10-11,16H,6-9H2,1-2H3,(H,21,27). The predicted molar refractivity (Wildman–Crippen MR) is 103 cm³/mol. The Morgan fingerprint density at radius 3 is 2.72 bits per heavy atom. The lowest BCUT2D eigenvalue weighted by atomic mass is 10.0. The van der Waals surface area contributed by atoms with Crippen molar-refractivity contribution >= 4 is 17.5 Å². The van der Waals surface area contributed by atoms with Gasteiger partial charge in [-0.05, 0) is 38.0 Å². The van der Waals surface area contributed by atoms with Gasteiger partial charge in [0.05, 0.1) is 12.2 Å². The Morgan fingerprint density at radius 2 is 2.03 bits per heavy atom. The van der Waals surface area contributed by atoms with Gasteiger partial charge in [-0.3, -0.25) is 9.59 Å². The number of aryl methyl sites for hydroxylation is 1. The molecule has 10 heteroatoms. The first-order valence-corrected chi connectivity index (χ1v) is 9.39. The molecule has 0 saturated carbocycles. The highest BCUT2D eigenvalue weighted by Gasteiger charge is 2.26. The molecule has 1 saturated heterocycles. The first-order chi connectivity index (χ1) is 14.0. The number of hydrogen-bond acceptors (Lipinski definition) is 7. The van der Waals surface area contributed by atoms with E-state index in [9.17, 15) is 9.59 Å². The molecule has 1 fully saturated rings. The monoisotopic (exact) mass is 395 g/mol. The van der Waals surface area contributed by atoms with Crippen LogP contribution in [0.1, 0.15) is 42.0 Å². The number of rotatable bonds is 4. The number of piperidine rings is 1. The van der Waals surface area contributed by atoms with Crippen LogP contribution in [0, 0.1) is 6.92 Å². The Morgan fingerprint density at radius 1 is 1.24 bits per heavy atom. The maximum Gasteiger partial charge on any atom is 0.280 e. The van der Waals surface area contributed by atoms with Gasteiger partial charge in [0.25, 0.3) is 11.8 Å². The Kier molecular flexibility index (Phi) is 5.07. The number of anilines is 1. The molecule has 29 heavy (non-hydrogen) atoms. The Labute approximate surface area is 166 Å². The molecule has 10 nitrogen and oxygen atoms in total. The Balaban J connectivity index is 1.39. The molecule has 3 aromatic rings. The van der Waals surface area contributed by atoms with Crippen LogP contribution in [0.15, 0.2) is 35.0 Å². The van der Waals surface area contributed by atoms with Gasteiger partial charge in [0.1, 0.15) is 0 Å². The number of benzene rings is 1. The maximum atomic E-state index is 12.8. The molecule has 1 aliphatic heterocycles. The second kappa shape index (κ2) is 7.82. The fourth-order valence-electron chi connectivity index (χ4n) is 3.40. The second-order valence-electron chi connectivity index (χ2n) is 7.02. The van der Waals surface area contributed by atoms with E-state index in [0.29, 0.717) is 41.7 Å². The third-order valence-corrected chi connectivity index (χ3v) is 4.81. The molecule has 0 spiro atoms. The van der Waals surface area contributed by atoms with E-state index in [1.165, 1.54) is 6.92 Å². The van der Waals surface area contributed by atoms with Crippen LogP contribution < -0.4 is 5.32 Å². The summed E-state index contributed by atoms with van der Waals surface area (Å²) < 4.78 is 6.93. The molecule has 0 radical (unpaired) electrons.